The van der Waals surface area contributed by atoms with Gasteiger partial charge in [-0.1, -0.05) is 24.3 Å². The van der Waals surface area contributed by atoms with Crippen molar-refractivity contribution in [2.24, 2.45) is 0 Å². The van der Waals surface area contributed by atoms with Crippen LogP contribution in [0, 0.1) is 0 Å². The van der Waals surface area contributed by atoms with Crippen molar-refractivity contribution in [1.82, 2.24) is 20.1 Å². The van der Waals surface area contributed by atoms with E-state index in [-0.39, 0.29) is 5.91 Å². The molecule has 4 heterocycles. The van der Waals surface area contributed by atoms with Gasteiger partial charge in [-0.15, -0.1) is 10.2 Å². The average molecular weight is 403 g/mol. The molecule has 154 valence electrons. The van der Waals surface area contributed by atoms with E-state index in [0.29, 0.717) is 18.8 Å². The second-order valence-electron chi connectivity index (χ2n) is 7.96. The number of anilines is 2. The summed E-state index contributed by atoms with van der Waals surface area (Å²) in [5, 5.41) is 10.9. The SMILES string of the molecule is O=C(c1nccc2ccccc12)N1CCN(c2ccc(N3CCCCC3)nn2)CC1. The number of nitrogens with zero attached hydrogens (tertiary/aromatic N) is 6. The van der Waals surface area contributed by atoms with E-state index in [1.807, 2.05) is 35.2 Å². The van der Waals surface area contributed by atoms with Crippen LogP contribution in [0.1, 0.15) is 29.8 Å². The van der Waals surface area contributed by atoms with Crippen LogP contribution in [-0.2, 0) is 0 Å². The summed E-state index contributed by atoms with van der Waals surface area (Å²) in [6, 6.07) is 14.0. The molecule has 0 aliphatic carbocycles. The van der Waals surface area contributed by atoms with Crippen LogP contribution in [0.4, 0.5) is 11.6 Å². The largest absolute Gasteiger partial charge is 0.355 e. The van der Waals surface area contributed by atoms with Gasteiger partial charge in [0.25, 0.3) is 5.91 Å². The number of fused-ring (bicyclic) bond motifs is 1. The van der Waals surface area contributed by atoms with Gasteiger partial charge in [0.15, 0.2) is 11.6 Å². The smallest absolute Gasteiger partial charge is 0.273 e. The lowest BCUT2D eigenvalue weighted by Gasteiger charge is -2.35. The highest BCUT2D eigenvalue weighted by Crippen LogP contribution is 2.21. The minimum absolute atomic E-state index is 0.00187. The third-order valence-electron chi connectivity index (χ3n) is 6.08. The van der Waals surface area contributed by atoms with Gasteiger partial charge in [-0.3, -0.25) is 9.78 Å². The van der Waals surface area contributed by atoms with Gasteiger partial charge < -0.3 is 14.7 Å². The fourth-order valence-electron chi connectivity index (χ4n) is 4.36. The van der Waals surface area contributed by atoms with Crippen LogP contribution in [0.2, 0.25) is 0 Å². The quantitative estimate of drug-likeness (QED) is 0.671. The Bertz CT molecular complexity index is 1020. The Labute approximate surface area is 176 Å². The highest BCUT2D eigenvalue weighted by atomic mass is 16.2. The molecule has 7 nitrogen and oxygen atoms in total. The molecule has 2 aliphatic rings. The average Bonchev–Trinajstić information content (AvgIpc) is 2.84. The van der Waals surface area contributed by atoms with Crippen LogP contribution in [-0.4, -0.2) is 65.3 Å². The lowest BCUT2D eigenvalue weighted by Crippen LogP contribution is -2.49. The molecule has 1 amide bonds. The molecular weight excluding hydrogens is 376 g/mol. The summed E-state index contributed by atoms with van der Waals surface area (Å²) in [5.41, 5.74) is 0.534. The first-order valence-corrected chi connectivity index (χ1v) is 10.8. The van der Waals surface area contributed by atoms with Gasteiger partial charge in [-0.2, -0.15) is 0 Å². The molecule has 0 bridgehead atoms. The van der Waals surface area contributed by atoms with Gasteiger partial charge in [0, 0.05) is 50.9 Å². The maximum Gasteiger partial charge on any atom is 0.273 e. The molecule has 0 unspecified atom stereocenters. The molecule has 2 aromatic heterocycles. The molecule has 0 atom stereocenters. The number of aromatic nitrogens is 3. The summed E-state index contributed by atoms with van der Waals surface area (Å²) in [6.45, 7) is 4.93. The number of hydrogen-bond donors (Lipinski definition) is 0. The van der Waals surface area contributed by atoms with Crippen LogP contribution in [0.3, 0.4) is 0 Å². The number of carbonyl (C=O) groups is 1. The predicted octanol–water partition coefficient (Wildman–Crippen LogP) is 2.98. The monoisotopic (exact) mass is 402 g/mol. The molecule has 0 N–H and O–H groups in total. The zero-order chi connectivity index (χ0) is 20.3. The Kier molecular flexibility index (Phi) is 5.17. The van der Waals surface area contributed by atoms with Crippen molar-refractivity contribution in [3.8, 4) is 0 Å². The molecule has 2 saturated heterocycles. The van der Waals surface area contributed by atoms with E-state index >= 15 is 0 Å². The van der Waals surface area contributed by atoms with Crippen molar-refractivity contribution >= 4 is 28.3 Å². The summed E-state index contributed by atoms with van der Waals surface area (Å²) in [5.74, 6) is 1.85. The molecule has 2 fully saturated rings. The number of pyridine rings is 1. The van der Waals surface area contributed by atoms with Gasteiger partial charge in [0.1, 0.15) is 5.69 Å². The van der Waals surface area contributed by atoms with E-state index in [0.717, 1.165) is 48.6 Å². The molecule has 7 heteroatoms. The topological polar surface area (TPSA) is 65.5 Å². The van der Waals surface area contributed by atoms with Crippen LogP contribution >= 0.6 is 0 Å². The number of rotatable bonds is 3. The first kappa shape index (κ1) is 18.8. The summed E-state index contributed by atoms with van der Waals surface area (Å²) in [4.78, 5) is 23.9. The Morgan fingerprint density at radius 2 is 1.40 bits per heavy atom. The van der Waals surface area contributed by atoms with E-state index < -0.39 is 0 Å². The first-order valence-electron chi connectivity index (χ1n) is 10.8. The molecule has 1 aromatic carbocycles. The molecule has 30 heavy (non-hydrogen) atoms. The Morgan fingerprint density at radius 1 is 0.733 bits per heavy atom. The highest BCUT2D eigenvalue weighted by molar-refractivity contribution is 6.05. The van der Waals surface area contributed by atoms with Crippen LogP contribution in [0.15, 0.2) is 48.7 Å². The summed E-state index contributed by atoms with van der Waals surface area (Å²) in [6.07, 6.45) is 5.47. The van der Waals surface area contributed by atoms with Crippen LogP contribution in [0.25, 0.3) is 10.8 Å². The fraction of sp³-hybridized carbons (Fsp3) is 0.391. The zero-order valence-electron chi connectivity index (χ0n) is 17.1. The Morgan fingerprint density at radius 3 is 2.10 bits per heavy atom. The van der Waals surface area contributed by atoms with Gasteiger partial charge in [-0.25, -0.2) is 0 Å². The Balaban J connectivity index is 1.24. The van der Waals surface area contributed by atoms with E-state index in [1.54, 1.807) is 6.20 Å². The number of piperazine rings is 1. The van der Waals surface area contributed by atoms with Crippen molar-refractivity contribution in [3.63, 3.8) is 0 Å². The van der Waals surface area contributed by atoms with Gasteiger partial charge in [0.2, 0.25) is 0 Å². The first-order chi connectivity index (χ1) is 14.8. The fourth-order valence-corrected chi connectivity index (χ4v) is 4.36. The van der Waals surface area contributed by atoms with Crippen LogP contribution in [0.5, 0.6) is 0 Å². The number of hydrogen-bond acceptors (Lipinski definition) is 6. The second kappa shape index (κ2) is 8.26. The standard InChI is InChI=1S/C23H26N6O/c30-23(22-19-7-3-2-6-18(19)10-11-24-22)29-16-14-28(15-17-29)21-9-8-20(25-26-21)27-12-4-1-5-13-27/h2-3,6-11H,1,4-5,12-17H2. The minimum Gasteiger partial charge on any atom is -0.355 e. The summed E-state index contributed by atoms with van der Waals surface area (Å²) in [7, 11) is 0. The van der Waals surface area contributed by atoms with Gasteiger partial charge in [0.05, 0.1) is 0 Å². The van der Waals surface area contributed by atoms with Gasteiger partial charge >= 0.3 is 0 Å². The number of benzene rings is 1. The van der Waals surface area contributed by atoms with E-state index in [9.17, 15) is 4.79 Å². The third kappa shape index (κ3) is 3.67. The molecule has 3 aromatic rings. The molecule has 5 rings (SSSR count). The van der Waals surface area contributed by atoms with Crippen molar-refractivity contribution in [2.45, 2.75) is 19.3 Å². The van der Waals surface area contributed by atoms with Crippen molar-refractivity contribution < 1.29 is 4.79 Å². The highest BCUT2D eigenvalue weighted by Gasteiger charge is 2.25. The van der Waals surface area contributed by atoms with Crippen molar-refractivity contribution in [3.05, 3.63) is 54.4 Å². The number of amides is 1. The minimum atomic E-state index is -0.00187. The van der Waals surface area contributed by atoms with Gasteiger partial charge in [-0.05, 0) is 42.8 Å². The summed E-state index contributed by atoms with van der Waals surface area (Å²) < 4.78 is 0. The van der Waals surface area contributed by atoms with Crippen molar-refractivity contribution in [1.29, 1.82) is 0 Å². The maximum atomic E-state index is 13.1. The lowest BCUT2D eigenvalue weighted by atomic mass is 10.1. The van der Waals surface area contributed by atoms with E-state index in [4.69, 9.17) is 0 Å². The molecule has 0 spiro atoms. The van der Waals surface area contributed by atoms with Crippen molar-refractivity contribution in [2.75, 3.05) is 49.1 Å². The number of carbonyl (C=O) groups excluding carboxylic acids is 1. The normalized spacial score (nSPS) is 17.4. The number of piperidine rings is 1. The predicted molar refractivity (Wildman–Crippen MR) is 118 cm³/mol. The molecule has 0 radical (unpaired) electrons. The maximum absolute atomic E-state index is 13.1. The van der Waals surface area contributed by atoms with Crippen LogP contribution < -0.4 is 9.80 Å². The lowest BCUT2D eigenvalue weighted by molar-refractivity contribution is 0.0743. The third-order valence-corrected chi connectivity index (χ3v) is 6.08. The molecular formula is C23H26N6O. The van der Waals surface area contributed by atoms with E-state index in [2.05, 4.69) is 37.1 Å². The molecule has 0 saturated carbocycles. The Hall–Kier alpha value is -3.22. The molecule has 2 aliphatic heterocycles. The zero-order valence-corrected chi connectivity index (χ0v) is 17.1. The second-order valence-corrected chi connectivity index (χ2v) is 7.96. The van der Waals surface area contributed by atoms with E-state index in [1.165, 1.54) is 19.3 Å². The summed E-state index contributed by atoms with van der Waals surface area (Å²) >= 11 is 0.